The van der Waals surface area contributed by atoms with Crippen molar-refractivity contribution in [3.63, 3.8) is 0 Å². The van der Waals surface area contributed by atoms with Gasteiger partial charge in [0.2, 0.25) is 10.0 Å². The summed E-state index contributed by atoms with van der Waals surface area (Å²) in [5.41, 5.74) is -0.894. The van der Waals surface area contributed by atoms with Crippen LogP contribution in [0.5, 0.6) is 0 Å². The molecule has 0 aliphatic carbocycles. The summed E-state index contributed by atoms with van der Waals surface area (Å²) in [5.74, 6) is -10.5. The monoisotopic (exact) mass is 466 g/mol. The molecule has 31 heavy (non-hydrogen) atoms. The van der Waals surface area contributed by atoms with Crippen LogP contribution in [-0.2, 0) is 10.0 Å². The number of alkyl halides is 2. The van der Waals surface area contributed by atoms with E-state index in [9.17, 15) is 39.6 Å². The van der Waals surface area contributed by atoms with Crippen molar-refractivity contribution < 1.29 is 39.6 Å². The fourth-order valence-electron chi connectivity index (χ4n) is 3.11. The molecule has 3 rings (SSSR count). The molecule has 1 N–H and O–H groups in total. The molecule has 0 aromatic heterocycles. The van der Waals surface area contributed by atoms with Crippen LogP contribution in [0.25, 0.3) is 0 Å². The lowest BCUT2D eigenvalue weighted by Gasteiger charge is -2.24. The summed E-state index contributed by atoms with van der Waals surface area (Å²) in [6, 6.07) is 3.19. The van der Waals surface area contributed by atoms with Gasteiger partial charge in [-0.25, -0.2) is 34.8 Å². The molecular weight excluding hydrogens is 450 g/mol. The number of hydrogen-bond donors (Lipinski definition) is 1. The molecule has 168 valence electrons. The van der Waals surface area contributed by atoms with Crippen molar-refractivity contribution in [3.8, 4) is 0 Å². The molecule has 1 saturated heterocycles. The minimum Gasteiger partial charge on any atom is -0.322 e. The molecule has 0 saturated carbocycles. The average molecular weight is 466 g/mol. The Bertz CT molecular complexity index is 1100. The Hall–Kier alpha value is -2.60. The third kappa shape index (κ3) is 5.01. The van der Waals surface area contributed by atoms with Crippen molar-refractivity contribution in [3.05, 3.63) is 59.2 Å². The van der Waals surface area contributed by atoms with Gasteiger partial charge in [-0.2, -0.15) is 4.31 Å². The zero-order valence-electron chi connectivity index (χ0n) is 15.8. The summed E-state index contributed by atoms with van der Waals surface area (Å²) < 4.78 is 108. The van der Waals surface area contributed by atoms with Crippen molar-refractivity contribution in [2.24, 2.45) is 0 Å². The summed E-state index contributed by atoms with van der Waals surface area (Å²) in [6.07, 6.45) is -0.262. The molecule has 0 atom stereocenters. The number of nitrogens with zero attached hydrogens (tertiary/aromatic N) is 1. The lowest BCUT2D eigenvalue weighted by molar-refractivity contribution is -0.0155. The predicted molar refractivity (Wildman–Crippen MR) is 98.2 cm³/mol. The highest BCUT2D eigenvalue weighted by molar-refractivity contribution is 7.89. The zero-order valence-corrected chi connectivity index (χ0v) is 16.6. The van der Waals surface area contributed by atoms with Gasteiger partial charge >= 0.3 is 0 Å². The van der Waals surface area contributed by atoms with Crippen LogP contribution in [0.2, 0.25) is 0 Å². The lowest BCUT2D eigenvalue weighted by Crippen LogP contribution is -2.39. The summed E-state index contributed by atoms with van der Waals surface area (Å²) >= 11 is 0. The van der Waals surface area contributed by atoms with E-state index in [1.54, 1.807) is 0 Å². The van der Waals surface area contributed by atoms with Gasteiger partial charge in [-0.15, -0.1) is 0 Å². The SMILES string of the molecule is O=C(Nc1cc(F)c(F)c(F)c1)c1ccc(F)c(S(=O)(=O)N2CCCCC(F)(F)C2)c1. The number of amides is 1. The molecule has 1 heterocycles. The van der Waals surface area contributed by atoms with Crippen molar-refractivity contribution in [1.82, 2.24) is 4.31 Å². The molecule has 2 aromatic rings. The van der Waals surface area contributed by atoms with Crippen LogP contribution in [0.15, 0.2) is 35.2 Å². The predicted octanol–water partition coefficient (Wildman–Crippen LogP) is 4.31. The first-order chi connectivity index (χ1) is 14.4. The molecule has 5 nitrogen and oxygen atoms in total. The number of carbonyl (C=O) groups excluding carboxylic acids is 1. The highest BCUT2D eigenvalue weighted by Gasteiger charge is 2.39. The number of nitrogens with one attached hydrogen (secondary N) is 1. The minimum atomic E-state index is -4.71. The molecule has 12 heteroatoms. The number of rotatable bonds is 4. The van der Waals surface area contributed by atoms with Gasteiger partial charge in [0.25, 0.3) is 11.8 Å². The van der Waals surface area contributed by atoms with Crippen LogP contribution in [0.4, 0.5) is 32.0 Å². The normalized spacial score (nSPS) is 17.2. The van der Waals surface area contributed by atoms with E-state index in [1.807, 2.05) is 5.32 Å². The molecule has 0 bridgehead atoms. The van der Waals surface area contributed by atoms with Gasteiger partial charge in [-0.05, 0) is 31.0 Å². The largest absolute Gasteiger partial charge is 0.322 e. The fraction of sp³-hybridized carbons (Fsp3) is 0.316. The summed E-state index contributed by atoms with van der Waals surface area (Å²) in [5, 5.41) is 2.03. The first kappa shape index (κ1) is 23.1. The standard InChI is InChI=1S/C19H16F6N2O3S/c20-13-4-3-11(18(28)26-12-8-14(21)17(23)15(22)9-12)7-16(13)31(29,30)27-6-2-1-5-19(24,25)10-27/h3-4,7-9H,1-2,5-6,10H2,(H,26,28). The molecule has 0 radical (unpaired) electrons. The molecule has 0 spiro atoms. The second-order valence-corrected chi connectivity index (χ2v) is 8.91. The summed E-state index contributed by atoms with van der Waals surface area (Å²) in [6.45, 7) is -1.37. The Morgan fingerprint density at radius 3 is 2.26 bits per heavy atom. The smallest absolute Gasteiger partial charge is 0.261 e. The number of sulfonamides is 1. The van der Waals surface area contributed by atoms with Gasteiger partial charge in [0.1, 0.15) is 10.7 Å². The molecule has 1 fully saturated rings. The molecule has 2 aromatic carbocycles. The van der Waals surface area contributed by atoms with Gasteiger partial charge in [-0.1, -0.05) is 0 Å². The number of hydrogen-bond acceptors (Lipinski definition) is 3. The minimum absolute atomic E-state index is 0.0920. The quantitative estimate of drug-likeness (QED) is 0.540. The summed E-state index contributed by atoms with van der Waals surface area (Å²) in [4.78, 5) is 11.4. The van der Waals surface area contributed by atoms with Crippen LogP contribution in [0.3, 0.4) is 0 Å². The molecule has 1 amide bonds. The van der Waals surface area contributed by atoms with Crippen molar-refractivity contribution in [2.75, 3.05) is 18.4 Å². The maximum atomic E-state index is 14.3. The summed E-state index contributed by atoms with van der Waals surface area (Å²) in [7, 11) is -4.71. The van der Waals surface area contributed by atoms with E-state index in [2.05, 4.69) is 0 Å². The zero-order chi connectivity index (χ0) is 23.0. The maximum absolute atomic E-state index is 14.3. The van der Waals surface area contributed by atoms with Crippen molar-refractivity contribution >= 4 is 21.6 Å². The van der Waals surface area contributed by atoms with E-state index >= 15 is 0 Å². The molecule has 1 aliphatic rings. The lowest BCUT2D eigenvalue weighted by atomic mass is 10.2. The fourth-order valence-corrected chi connectivity index (χ4v) is 4.70. The van der Waals surface area contributed by atoms with E-state index in [-0.39, 0.29) is 19.4 Å². The number of halogens is 6. The Morgan fingerprint density at radius 2 is 1.61 bits per heavy atom. The van der Waals surface area contributed by atoms with Gasteiger partial charge < -0.3 is 5.32 Å². The molecular formula is C19H16F6N2O3S. The number of carbonyl (C=O) groups is 1. The highest BCUT2D eigenvalue weighted by atomic mass is 32.2. The molecule has 0 unspecified atom stereocenters. The average Bonchev–Trinajstić information content (AvgIpc) is 2.87. The van der Waals surface area contributed by atoms with E-state index in [4.69, 9.17) is 0 Å². The first-order valence-electron chi connectivity index (χ1n) is 9.04. The van der Waals surface area contributed by atoms with Gasteiger partial charge in [0, 0.05) is 36.3 Å². The number of anilines is 1. The number of benzene rings is 2. The van der Waals surface area contributed by atoms with E-state index < -0.39 is 74.2 Å². The van der Waals surface area contributed by atoms with E-state index in [1.165, 1.54) is 0 Å². The Balaban J connectivity index is 1.91. The van der Waals surface area contributed by atoms with Crippen molar-refractivity contribution in [2.45, 2.75) is 30.1 Å². The maximum Gasteiger partial charge on any atom is 0.261 e. The third-order valence-corrected chi connectivity index (χ3v) is 6.52. The van der Waals surface area contributed by atoms with Crippen LogP contribution in [0.1, 0.15) is 29.6 Å². The third-order valence-electron chi connectivity index (χ3n) is 4.66. The van der Waals surface area contributed by atoms with E-state index in [0.717, 1.165) is 6.07 Å². The highest BCUT2D eigenvalue weighted by Crippen LogP contribution is 2.30. The Labute approximate surface area is 173 Å². The Morgan fingerprint density at radius 1 is 0.968 bits per heavy atom. The van der Waals surface area contributed by atoms with Gasteiger partial charge in [0.05, 0.1) is 6.54 Å². The van der Waals surface area contributed by atoms with Gasteiger partial charge in [0.15, 0.2) is 17.5 Å². The topological polar surface area (TPSA) is 66.5 Å². The second kappa shape index (κ2) is 8.50. The van der Waals surface area contributed by atoms with Crippen LogP contribution in [0, 0.1) is 23.3 Å². The van der Waals surface area contributed by atoms with Crippen LogP contribution < -0.4 is 5.32 Å². The van der Waals surface area contributed by atoms with Crippen LogP contribution in [-0.4, -0.2) is 37.6 Å². The molecule has 1 aliphatic heterocycles. The second-order valence-electron chi connectivity index (χ2n) is 7.00. The Kier molecular flexibility index (Phi) is 6.33. The van der Waals surface area contributed by atoms with E-state index in [0.29, 0.717) is 28.6 Å². The first-order valence-corrected chi connectivity index (χ1v) is 10.5. The van der Waals surface area contributed by atoms with Crippen molar-refractivity contribution in [1.29, 1.82) is 0 Å². The van der Waals surface area contributed by atoms with Gasteiger partial charge in [-0.3, -0.25) is 4.79 Å². The van der Waals surface area contributed by atoms with Crippen LogP contribution >= 0.6 is 0 Å².